The SMILES string of the molecule is CCOc1cccc(C(=O)NCCOC(C)C(=O)O)c1. The Morgan fingerprint density at radius 3 is 2.80 bits per heavy atom. The summed E-state index contributed by atoms with van der Waals surface area (Å²) in [7, 11) is 0. The number of ether oxygens (including phenoxy) is 2. The highest BCUT2D eigenvalue weighted by Crippen LogP contribution is 2.12. The second-order valence-electron chi connectivity index (χ2n) is 4.07. The second kappa shape index (κ2) is 8.16. The molecule has 2 N–H and O–H groups in total. The van der Waals surface area contributed by atoms with Crippen LogP contribution in [0.25, 0.3) is 0 Å². The van der Waals surface area contributed by atoms with E-state index in [2.05, 4.69) is 5.32 Å². The average Bonchev–Trinajstić information content (AvgIpc) is 2.43. The van der Waals surface area contributed by atoms with Crippen molar-refractivity contribution < 1.29 is 24.2 Å². The summed E-state index contributed by atoms with van der Waals surface area (Å²) in [5.74, 6) is -0.644. The Morgan fingerprint density at radius 2 is 2.15 bits per heavy atom. The summed E-state index contributed by atoms with van der Waals surface area (Å²) in [5.41, 5.74) is 0.488. The molecule has 0 saturated carbocycles. The number of benzene rings is 1. The van der Waals surface area contributed by atoms with Gasteiger partial charge in [0.25, 0.3) is 5.91 Å². The molecule has 0 aromatic heterocycles. The molecule has 1 amide bonds. The van der Waals surface area contributed by atoms with Crippen LogP contribution in [0, 0.1) is 0 Å². The van der Waals surface area contributed by atoms with Gasteiger partial charge in [0.2, 0.25) is 0 Å². The maximum Gasteiger partial charge on any atom is 0.332 e. The molecular formula is C14H19NO5. The summed E-state index contributed by atoms with van der Waals surface area (Å²) >= 11 is 0. The largest absolute Gasteiger partial charge is 0.494 e. The molecule has 0 aliphatic carbocycles. The van der Waals surface area contributed by atoms with Crippen LogP contribution < -0.4 is 10.1 Å². The third-order valence-electron chi connectivity index (χ3n) is 2.51. The van der Waals surface area contributed by atoms with Gasteiger partial charge < -0.3 is 19.9 Å². The van der Waals surface area contributed by atoms with Gasteiger partial charge in [-0.05, 0) is 32.0 Å². The first kappa shape index (κ1) is 16.0. The van der Waals surface area contributed by atoms with Crippen molar-refractivity contribution in [3.05, 3.63) is 29.8 Å². The van der Waals surface area contributed by atoms with Crippen molar-refractivity contribution in [2.75, 3.05) is 19.8 Å². The number of aliphatic carboxylic acids is 1. The van der Waals surface area contributed by atoms with Gasteiger partial charge in [-0.2, -0.15) is 0 Å². The van der Waals surface area contributed by atoms with Crippen molar-refractivity contribution in [1.29, 1.82) is 0 Å². The topological polar surface area (TPSA) is 84.9 Å². The summed E-state index contributed by atoms with van der Waals surface area (Å²) in [6.07, 6.45) is -0.881. The maximum absolute atomic E-state index is 11.8. The first-order chi connectivity index (χ1) is 9.54. The van der Waals surface area contributed by atoms with Gasteiger partial charge in [-0.1, -0.05) is 6.07 Å². The summed E-state index contributed by atoms with van der Waals surface area (Å²) in [5, 5.41) is 11.3. The Labute approximate surface area is 117 Å². The number of carbonyl (C=O) groups excluding carboxylic acids is 1. The number of nitrogens with one attached hydrogen (secondary N) is 1. The first-order valence-corrected chi connectivity index (χ1v) is 6.40. The Kier molecular flexibility index (Phi) is 6.52. The Morgan fingerprint density at radius 1 is 1.40 bits per heavy atom. The van der Waals surface area contributed by atoms with Crippen molar-refractivity contribution in [3.8, 4) is 5.75 Å². The summed E-state index contributed by atoms with van der Waals surface area (Å²) in [4.78, 5) is 22.4. The molecule has 1 atom stereocenters. The highest BCUT2D eigenvalue weighted by atomic mass is 16.5. The zero-order valence-electron chi connectivity index (χ0n) is 11.6. The van der Waals surface area contributed by atoms with Gasteiger partial charge in [-0.3, -0.25) is 4.79 Å². The van der Waals surface area contributed by atoms with Crippen molar-refractivity contribution in [2.24, 2.45) is 0 Å². The zero-order chi connectivity index (χ0) is 15.0. The highest BCUT2D eigenvalue weighted by Gasteiger charge is 2.11. The number of hydrogen-bond donors (Lipinski definition) is 2. The molecule has 110 valence electrons. The van der Waals surface area contributed by atoms with E-state index in [1.165, 1.54) is 6.92 Å². The van der Waals surface area contributed by atoms with Crippen LogP contribution in [0.15, 0.2) is 24.3 Å². The summed E-state index contributed by atoms with van der Waals surface area (Å²) in [6, 6.07) is 6.85. The van der Waals surface area contributed by atoms with E-state index in [0.29, 0.717) is 17.9 Å². The van der Waals surface area contributed by atoms with Crippen LogP contribution in [0.5, 0.6) is 5.75 Å². The molecular weight excluding hydrogens is 262 g/mol. The number of amides is 1. The molecule has 1 aromatic rings. The van der Waals surface area contributed by atoms with Crippen LogP contribution in [0.2, 0.25) is 0 Å². The number of carbonyl (C=O) groups is 2. The fraction of sp³-hybridized carbons (Fsp3) is 0.429. The van der Waals surface area contributed by atoms with E-state index in [-0.39, 0.29) is 19.1 Å². The van der Waals surface area contributed by atoms with E-state index < -0.39 is 12.1 Å². The molecule has 0 spiro atoms. The van der Waals surface area contributed by atoms with Gasteiger partial charge in [0.1, 0.15) is 5.75 Å². The Balaban J connectivity index is 2.39. The lowest BCUT2D eigenvalue weighted by Gasteiger charge is -2.10. The number of carboxylic acids is 1. The van der Waals surface area contributed by atoms with Crippen molar-refractivity contribution in [3.63, 3.8) is 0 Å². The van der Waals surface area contributed by atoms with Crippen LogP contribution >= 0.6 is 0 Å². The Hall–Kier alpha value is -2.08. The molecule has 6 nitrogen and oxygen atoms in total. The van der Waals surface area contributed by atoms with E-state index >= 15 is 0 Å². The quantitative estimate of drug-likeness (QED) is 0.702. The van der Waals surface area contributed by atoms with Crippen molar-refractivity contribution in [2.45, 2.75) is 20.0 Å². The maximum atomic E-state index is 11.8. The minimum absolute atomic E-state index is 0.143. The molecule has 1 aromatic carbocycles. The van der Waals surface area contributed by atoms with E-state index in [4.69, 9.17) is 14.6 Å². The highest BCUT2D eigenvalue weighted by molar-refractivity contribution is 5.94. The molecule has 0 fully saturated rings. The normalized spacial score (nSPS) is 11.7. The predicted octanol–water partition coefficient (Wildman–Crippen LogP) is 1.30. The van der Waals surface area contributed by atoms with Crippen LogP contribution in [0.1, 0.15) is 24.2 Å². The smallest absolute Gasteiger partial charge is 0.332 e. The number of hydrogen-bond acceptors (Lipinski definition) is 4. The molecule has 0 aliphatic rings. The Bertz CT molecular complexity index is 461. The van der Waals surface area contributed by atoms with Gasteiger partial charge in [-0.15, -0.1) is 0 Å². The summed E-state index contributed by atoms with van der Waals surface area (Å²) < 4.78 is 10.3. The van der Waals surface area contributed by atoms with E-state index in [0.717, 1.165) is 0 Å². The monoisotopic (exact) mass is 281 g/mol. The fourth-order valence-corrected chi connectivity index (χ4v) is 1.47. The molecule has 0 bridgehead atoms. The van der Waals surface area contributed by atoms with Crippen LogP contribution in [-0.4, -0.2) is 42.8 Å². The average molecular weight is 281 g/mol. The fourth-order valence-electron chi connectivity index (χ4n) is 1.47. The second-order valence-corrected chi connectivity index (χ2v) is 4.07. The lowest BCUT2D eigenvalue weighted by atomic mass is 10.2. The minimum atomic E-state index is -1.03. The molecule has 0 heterocycles. The molecule has 1 rings (SSSR count). The van der Waals surface area contributed by atoms with Gasteiger partial charge in [0.15, 0.2) is 6.10 Å². The van der Waals surface area contributed by atoms with Crippen LogP contribution in [0.4, 0.5) is 0 Å². The van der Waals surface area contributed by atoms with Gasteiger partial charge in [0, 0.05) is 12.1 Å². The molecule has 1 unspecified atom stereocenters. The van der Waals surface area contributed by atoms with Crippen molar-refractivity contribution in [1.82, 2.24) is 5.32 Å². The summed E-state index contributed by atoms with van der Waals surface area (Å²) in [6.45, 7) is 4.23. The predicted molar refractivity (Wildman–Crippen MR) is 73.0 cm³/mol. The standard InChI is InChI=1S/C14H19NO5/c1-3-19-12-6-4-5-11(9-12)13(16)15-7-8-20-10(2)14(17)18/h4-6,9-10H,3,7-8H2,1-2H3,(H,15,16)(H,17,18). The van der Waals surface area contributed by atoms with Crippen LogP contribution in [-0.2, 0) is 9.53 Å². The third-order valence-corrected chi connectivity index (χ3v) is 2.51. The number of rotatable bonds is 8. The van der Waals surface area contributed by atoms with Gasteiger partial charge in [0.05, 0.1) is 13.2 Å². The van der Waals surface area contributed by atoms with E-state index in [1.54, 1.807) is 24.3 Å². The zero-order valence-corrected chi connectivity index (χ0v) is 11.6. The first-order valence-electron chi connectivity index (χ1n) is 6.40. The third kappa shape index (κ3) is 5.27. The van der Waals surface area contributed by atoms with Crippen molar-refractivity contribution >= 4 is 11.9 Å². The molecule has 6 heteroatoms. The van der Waals surface area contributed by atoms with Gasteiger partial charge >= 0.3 is 5.97 Å². The van der Waals surface area contributed by atoms with Crippen LogP contribution in [0.3, 0.4) is 0 Å². The lowest BCUT2D eigenvalue weighted by molar-refractivity contribution is -0.148. The molecule has 20 heavy (non-hydrogen) atoms. The molecule has 0 radical (unpaired) electrons. The van der Waals surface area contributed by atoms with E-state index in [9.17, 15) is 9.59 Å². The van der Waals surface area contributed by atoms with Gasteiger partial charge in [-0.25, -0.2) is 4.79 Å². The molecule has 0 aliphatic heterocycles. The minimum Gasteiger partial charge on any atom is -0.494 e. The molecule has 0 saturated heterocycles. The lowest BCUT2D eigenvalue weighted by Crippen LogP contribution is -2.30. The number of carboxylic acid groups (broad SMARTS) is 1. The van der Waals surface area contributed by atoms with E-state index in [1.807, 2.05) is 6.92 Å².